The highest BCUT2D eigenvalue weighted by Gasteiger charge is 2.25. The maximum Gasteiger partial charge on any atom is 0.163 e. The molecule has 1 aliphatic rings. The number of rotatable bonds is 13. The van der Waals surface area contributed by atoms with E-state index in [-0.39, 0.29) is 5.78 Å². The number of carbonyl (C=O) groups excluding carboxylic acids is 1. The number of imidazole rings is 1. The molecular weight excluding hydrogens is 508 g/mol. The minimum absolute atomic E-state index is 0.213. The van der Waals surface area contributed by atoms with Crippen molar-refractivity contribution in [1.29, 1.82) is 0 Å². The van der Waals surface area contributed by atoms with Gasteiger partial charge in [0.1, 0.15) is 0 Å². The fourth-order valence-electron chi connectivity index (χ4n) is 5.07. The van der Waals surface area contributed by atoms with E-state index in [4.69, 9.17) is 27.1 Å². The number of aromatic nitrogens is 3. The lowest BCUT2D eigenvalue weighted by Crippen LogP contribution is -2.11. The monoisotopic (exact) mass is 542 g/mol. The summed E-state index contributed by atoms with van der Waals surface area (Å²) in [6, 6.07) is 14.0. The Balaban J connectivity index is 1.24. The number of halogens is 1. The van der Waals surface area contributed by atoms with Crippen LogP contribution < -0.4 is 5.73 Å². The number of fused-ring (bicyclic) bond motifs is 1. The zero-order chi connectivity index (χ0) is 27.4. The third-order valence-electron chi connectivity index (χ3n) is 7.47. The number of ketones is 1. The van der Waals surface area contributed by atoms with E-state index >= 15 is 0 Å². The van der Waals surface area contributed by atoms with Crippen LogP contribution in [-0.4, -0.2) is 39.9 Å². The fraction of sp³-hybridized carbons (Fsp3) is 0.344. The molecule has 1 unspecified atom stereocenters. The molecule has 4 aromatic rings. The molecule has 2 heterocycles. The maximum atomic E-state index is 12.9. The number of aryl methyl sites for hydroxylation is 1. The summed E-state index contributed by atoms with van der Waals surface area (Å²) in [4.78, 5) is 22.3. The summed E-state index contributed by atoms with van der Waals surface area (Å²) in [6.45, 7) is 6.05. The molecule has 0 saturated carbocycles. The summed E-state index contributed by atoms with van der Waals surface area (Å²) >= 11 is 6.07. The first-order chi connectivity index (χ1) is 18.9. The van der Waals surface area contributed by atoms with Crippen LogP contribution in [0.1, 0.15) is 59.8 Å². The number of hydrogen-bond donors (Lipinski definition) is 1. The predicted octanol–water partition coefficient (Wildman–Crippen LogP) is 6.72. The number of nitrogens with zero attached hydrogens (tertiary/aromatic N) is 3. The van der Waals surface area contributed by atoms with Crippen LogP contribution in [0.4, 0.5) is 0 Å². The van der Waals surface area contributed by atoms with Gasteiger partial charge in [-0.2, -0.15) is 0 Å². The molecule has 6 nitrogen and oxygen atoms in total. The molecule has 202 valence electrons. The van der Waals surface area contributed by atoms with Crippen molar-refractivity contribution in [3.05, 3.63) is 94.0 Å². The summed E-state index contributed by atoms with van der Waals surface area (Å²) in [6.07, 6.45) is 9.79. The summed E-state index contributed by atoms with van der Waals surface area (Å²) < 4.78 is 7.56. The van der Waals surface area contributed by atoms with Gasteiger partial charge in [0.2, 0.25) is 0 Å². The molecular formula is C32H35ClN4O2. The van der Waals surface area contributed by atoms with Crippen LogP contribution in [-0.2, 0) is 11.2 Å². The second-order valence-electron chi connectivity index (χ2n) is 10.4. The molecule has 0 saturated heterocycles. The molecule has 7 heteroatoms. The van der Waals surface area contributed by atoms with Crippen molar-refractivity contribution in [2.45, 2.75) is 46.0 Å². The molecule has 2 aromatic carbocycles. The average molecular weight is 543 g/mol. The number of hydrogen-bond acceptors (Lipinski definition) is 5. The van der Waals surface area contributed by atoms with Crippen molar-refractivity contribution in [3.8, 4) is 11.3 Å². The van der Waals surface area contributed by atoms with Crippen molar-refractivity contribution in [3.63, 3.8) is 0 Å². The van der Waals surface area contributed by atoms with Crippen LogP contribution in [0.25, 0.3) is 22.5 Å². The van der Waals surface area contributed by atoms with Gasteiger partial charge < -0.3 is 10.5 Å². The van der Waals surface area contributed by atoms with Crippen LogP contribution in [0.3, 0.4) is 0 Å². The Morgan fingerprint density at radius 1 is 1.10 bits per heavy atom. The number of nitrogens with two attached hydrogens (primary N) is 1. The predicted molar refractivity (Wildman–Crippen MR) is 157 cm³/mol. The molecule has 2 aromatic heterocycles. The third-order valence-corrected chi connectivity index (χ3v) is 7.72. The van der Waals surface area contributed by atoms with Crippen molar-refractivity contribution in [1.82, 2.24) is 14.4 Å². The van der Waals surface area contributed by atoms with Gasteiger partial charge in [0.15, 0.2) is 11.4 Å². The zero-order valence-electron chi connectivity index (χ0n) is 22.6. The summed E-state index contributed by atoms with van der Waals surface area (Å²) in [7, 11) is 0. The van der Waals surface area contributed by atoms with E-state index in [2.05, 4.69) is 28.4 Å². The molecule has 2 N–H and O–H groups in total. The van der Waals surface area contributed by atoms with Crippen LogP contribution in [0, 0.1) is 12.8 Å². The molecule has 5 rings (SSSR count). The Hall–Kier alpha value is -3.32. The first-order valence-corrected chi connectivity index (χ1v) is 14.0. The van der Waals surface area contributed by atoms with E-state index in [0.717, 1.165) is 59.4 Å². The van der Waals surface area contributed by atoms with Gasteiger partial charge in [0.05, 0.1) is 24.2 Å². The first kappa shape index (κ1) is 27.3. The number of ether oxygens (including phenoxy) is 1. The van der Waals surface area contributed by atoms with Crippen LogP contribution in [0.5, 0.6) is 0 Å². The maximum absolute atomic E-state index is 12.9. The first-order valence-electron chi connectivity index (χ1n) is 13.6. The Morgan fingerprint density at radius 3 is 2.67 bits per heavy atom. The molecule has 0 spiro atoms. The van der Waals surface area contributed by atoms with Gasteiger partial charge in [-0.05, 0) is 60.9 Å². The fourth-order valence-corrected chi connectivity index (χ4v) is 5.20. The van der Waals surface area contributed by atoms with Crippen molar-refractivity contribution in [2.75, 3.05) is 19.8 Å². The minimum Gasteiger partial charge on any atom is -0.380 e. The van der Waals surface area contributed by atoms with Crippen molar-refractivity contribution < 1.29 is 9.53 Å². The molecule has 0 radical (unpaired) electrons. The number of allylic oxidation sites excluding steroid dienone is 2. The van der Waals surface area contributed by atoms with E-state index in [9.17, 15) is 4.79 Å². The van der Waals surface area contributed by atoms with E-state index in [1.165, 1.54) is 16.7 Å². The van der Waals surface area contributed by atoms with Gasteiger partial charge in [-0.25, -0.2) is 4.98 Å². The van der Waals surface area contributed by atoms with Crippen LogP contribution in [0.2, 0.25) is 5.02 Å². The molecule has 0 amide bonds. The van der Waals surface area contributed by atoms with Gasteiger partial charge in [0, 0.05) is 54.5 Å². The van der Waals surface area contributed by atoms with Gasteiger partial charge in [0.25, 0.3) is 0 Å². The molecule has 1 aliphatic carbocycles. The smallest absolute Gasteiger partial charge is 0.163 e. The van der Waals surface area contributed by atoms with E-state index in [1.807, 2.05) is 55.8 Å². The van der Waals surface area contributed by atoms with Crippen molar-refractivity contribution >= 4 is 28.6 Å². The molecule has 1 atom stereocenters. The standard InChI is InChI=1S/C32H35ClN4O2/c1-21(11-15-39-16-12-34)3-10-31(38)27-9-6-24(17-22(27)2)28-18-25(28)19-29-32-36-20-30(37(32)14-13-35-29)23-4-7-26(33)8-5-23/h4-9,13-14,17,20-21H,3,10-12,15-16,18-19,34H2,1-2H3. The number of benzene rings is 2. The second kappa shape index (κ2) is 12.2. The molecule has 0 bridgehead atoms. The summed E-state index contributed by atoms with van der Waals surface area (Å²) in [5.74, 6) is 0.659. The largest absolute Gasteiger partial charge is 0.380 e. The summed E-state index contributed by atoms with van der Waals surface area (Å²) in [5, 5.41) is 0.714. The van der Waals surface area contributed by atoms with E-state index in [0.29, 0.717) is 37.1 Å². The van der Waals surface area contributed by atoms with Gasteiger partial charge >= 0.3 is 0 Å². The number of Topliss-reactive ketones (excluding diaryl/α,β-unsaturated/α-hetero) is 1. The Labute approximate surface area is 234 Å². The SMILES string of the molecule is Cc1cc(C2=C(Cc3nccn4c(-c5ccc(Cl)cc5)cnc34)C2)ccc1C(=O)CCC(C)CCOCCN. The second-order valence-corrected chi connectivity index (χ2v) is 10.9. The summed E-state index contributed by atoms with van der Waals surface area (Å²) in [5.41, 5.74) is 15.1. The molecule has 39 heavy (non-hydrogen) atoms. The molecule has 0 fully saturated rings. The number of carbonyl (C=O) groups is 1. The van der Waals surface area contributed by atoms with Crippen LogP contribution in [0.15, 0.2) is 66.6 Å². The van der Waals surface area contributed by atoms with E-state index in [1.54, 1.807) is 0 Å². The Bertz CT molecular complexity index is 1510. The van der Waals surface area contributed by atoms with Crippen LogP contribution >= 0.6 is 11.6 Å². The van der Waals surface area contributed by atoms with Crippen molar-refractivity contribution in [2.24, 2.45) is 11.7 Å². The third kappa shape index (κ3) is 6.47. The van der Waals surface area contributed by atoms with Gasteiger partial charge in [-0.1, -0.05) is 54.4 Å². The lowest BCUT2D eigenvalue weighted by Gasteiger charge is -2.12. The quantitative estimate of drug-likeness (QED) is 0.150. The highest BCUT2D eigenvalue weighted by atomic mass is 35.5. The Morgan fingerprint density at radius 2 is 1.90 bits per heavy atom. The Kier molecular flexibility index (Phi) is 8.56. The zero-order valence-corrected chi connectivity index (χ0v) is 23.4. The van der Waals surface area contributed by atoms with Gasteiger partial charge in [-0.15, -0.1) is 0 Å². The highest BCUT2D eigenvalue weighted by molar-refractivity contribution is 6.30. The van der Waals surface area contributed by atoms with E-state index < -0.39 is 0 Å². The normalized spacial score (nSPS) is 13.7. The lowest BCUT2D eigenvalue weighted by molar-refractivity contribution is 0.0963. The molecule has 0 aliphatic heterocycles. The topological polar surface area (TPSA) is 82.5 Å². The average Bonchev–Trinajstić information content (AvgIpc) is 3.57. The highest BCUT2D eigenvalue weighted by Crippen LogP contribution is 2.42. The minimum atomic E-state index is 0.213. The van der Waals surface area contributed by atoms with Gasteiger partial charge in [-0.3, -0.25) is 14.2 Å². The lowest BCUT2D eigenvalue weighted by atomic mass is 9.94.